The van der Waals surface area contributed by atoms with E-state index in [4.69, 9.17) is 9.84 Å². The van der Waals surface area contributed by atoms with Crippen molar-refractivity contribution in [3.8, 4) is 0 Å². The van der Waals surface area contributed by atoms with Gasteiger partial charge in [0, 0.05) is 0 Å². The largest absolute Gasteiger partial charge is 0.464 e. The van der Waals surface area contributed by atoms with Crippen molar-refractivity contribution in [2.24, 2.45) is 0 Å². The summed E-state index contributed by atoms with van der Waals surface area (Å²) in [4.78, 5) is 22.6. The van der Waals surface area contributed by atoms with E-state index in [1.165, 1.54) is 0 Å². The van der Waals surface area contributed by atoms with E-state index in [0.29, 0.717) is 0 Å². The van der Waals surface area contributed by atoms with Gasteiger partial charge in [0.25, 0.3) is 0 Å². The van der Waals surface area contributed by atoms with Gasteiger partial charge >= 0.3 is 12.2 Å². The first-order valence-corrected chi connectivity index (χ1v) is 4.97. The van der Waals surface area contributed by atoms with E-state index in [-0.39, 0.29) is 13.1 Å². The van der Waals surface area contributed by atoms with Crippen LogP contribution in [0.3, 0.4) is 0 Å². The standard InChI is InChI=1S/C10H16N2O4/c1-10(2,3)16-9(15)12-7-5-4-6-11(12)8(13)14/h4-5H,6-7H2,1-3H3,(H,13,14). The van der Waals surface area contributed by atoms with Gasteiger partial charge in [-0.25, -0.2) is 19.6 Å². The minimum Gasteiger partial charge on any atom is -0.464 e. The third kappa shape index (κ3) is 3.15. The highest BCUT2D eigenvalue weighted by Crippen LogP contribution is 2.13. The molecule has 1 N–H and O–H groups in total. The molecule has 0 bridgehead atoms. The van der Waals surface area contributed by atoms with Crippen molar-refractivity contribution < 1.29 is 19.4 Å². The molecular formula is C10H16N2O4. The zero-order valence-corrected chi connectivity index (χ0v) is 9.64. The number of rotatable bonds is 0. The molecule has 0 saturated heterocycles. The molecule has 0 atom stereocenters. The Morgan fingerprint density at radius 3 is 2.12 bits per heavy atom. The van der Waals surface area contributed by atoms with Crippen LogP contribution in [0.15, 0.2) is 12.2 Å². The van der Waals surface area contributed by atoms with Gasteiger partial charge in [-0.1, -0.05) is 12.2 Å². The molecule has 0 spiro atoms. The summed E-state index contributed by atoms with van der Waals surface area (Å²) in [6.45, 7) is 5.57. The van der Waals surface area contributed by atoms with Gasteiger partial charge < -0.3 is 9.84 Å². The van der Waals surface area contributed by atoms with Crippen LogP contribution in [-0.4, -0.2) is 46.0 Å². The summed E-state index contributed by atoms with van der Waals surface area (Å²) in [6.07, 6.45) is 1.59. The molecule has 6 heteroatoms. The van der Waals surface area contributed by atoms with Crippen molar-refractivity contribution in [3.05, 3.63) is 12.2 Å². The Balaban J connectivity index is 2.73. The molecular weight excluding hydrogens is 212 g/mol. The number of hydrogen-bond acceptors (Lipinski definition) is 3. The maximum absolute atomic E-state index is 11.7. The molecule has 0 fully saturated rings. The Morgan fingerprint density at radius 2 is 1.69 bits per heavy atom. The van der Waals surface area contributed by atoms with Crippen LogP contribution in [0.1, 0.15) is 20.8 Å². The van der Waals surface area contributed by atoms with Crippen LogP contribution in [0.2, 0.25) is 0 Å². The summed E-state index contributed by atoms with van der Waals surface area (Å²) in [6, 6.07) is 0. The zero-order chi connectivity index (χ0) is 12.3. The monoisotopic (exact) mass is 228 g/mol. The third-order valence-corrected chi connectivity index (χ3v) is 1.84. The second-order valence-corrected chi connectivity index (χ2v) is 4.40. The van der Waals surface area contributed by atoms with Crippen LogP contribution in [-0.2, 0) is 4.74 Å². The first-order chi connectivity index (χ1) is 7.31. The van der Waals surface area contributed by atoms with Gasteiger partial charge in [0.05, 0.1) is 13.1 Å². The van der Waals surface area contributed by atoms with Crippen LogP contribution in [0.5, 0.6) is 0 Å². The summed E-state index contributed by atoms with van der Waals surface area (Å²) < 4.78 is 5.11. The van der Waals surface area contributed by atoms with E-state index in [1.807, 2.05) is 0 Å². The molecule has 2 amide bonds. The van der Waals surface area contributed by atoms with Crippen molar-refractivity contribution in [2.45, 2.75) is 26.4 Å². The number of nitrogens with zero attached hydrogens (tertiary/aromatic N) is 2. The summed E-state index contributed by atoms with van der Waals surface area (Å²) in [7, 11) is 0. The van der Waals surface area contributed by atoms with Gasteiger partial charge in [0.1, 0.15) is 5.60 Å². The first kappa shape index (κ1) is 12.4. The molecule has 0 aromatic carbocycles. The van der Waals surface area contributed by atoms with Crippen molar-refractivity contribution in [2.75, 3.05) is 13.1 Å². The molecule has 1 heterocycles. The predicted octanol–water partition coefficient (Wildman–Crippen LogP) is 1.69. The van der Waals surface area contributed by atoms with Gasteiger partial charge in [-0.15, -0.1) is 0 Å². The van der Waals surface area contributed by atoms with Crippen molar-refractivity contribution in [3.63, 3.8) is 0 Å². The van der Waals surface area contributed by atoms with Crippen LogP contribution in [0, 0.1) is 0 Å². The molecule has 1 aliphatic heterocycles. The fraction of sp³-hybridized carbons (Fsp3) is 0.600. The topological polar surface area (TPSA) is 70.1 Å². The minimum absolute atomic E-state index is 0.161. The van der Waals surface area contributed by atoms with Gasteiger partial charge in [0.15, 0.2) is 0 Å². The summed E-state index contributed by atoms with van der Waals surface area (Å²) in [5, 5.41) is 10.9. The van der Waals surface area contributed by atoms with Gasteiger partial charge in [0.2, 0.25) is 0 Å². The second kappa shape index (κ2) is 4.42. The maximum Gasteiger partial charge on any atom is 0.429 e. The number of hydrazine groups is 1. The lowest BCUT2D eigenvalue weighted by atomic mass is 10.2. The maximum atomic E-state index is 11.7. The number of carbonyl (C=O) groups excluding carboxylic acids is 1. The Bertz CT molecular complexity index is 319. The Morgan fingerprint density at radius 1 is 1.19 bits per heavy atom. The highest BCUT2D eigenvalue weighted by molar-refractivity contribution is 5.74. The molecule has 0 aromatic rings. The third-order valence-electron chi connectivity index (χ3n) is 1.84. The lowest BCUT2D eigenvalue weighted by Gasteiger charge is -2.34. The summed E-state index contributed by atoms with van der Waals surface area (Å²) in [5.41, 5.74) is -0.636. The quantitative estimate of drug-likeness (QED) is 0.640. The smallest absolute Gasteiger partial charge is 0.429 e. The van der Waals surface area contributed by atoms with Gasteiger partial charge in [-0.3, -0.25) is 0 Å². The predicted molar refractivity (Wildman–Crippen MR) is 56.8 cm³/mol. The van der Waals surface area contributed by atoms with Crippen molar-refractivity contribution in [1.82, 2.24) is 10.0 Å². The molecule has 1 aliphatic rings. The highest BCUT2D eigenvalue weighted by atomic mass is 16.6. The molecule has 0 saturated carbocycles. The highest BCUT2D eigenvalue weighted by Gasteiger charge is 2.30. The van der Waals surface area contributed by atoms with Gasteiger partial charge in [-0.2, -0.15) is 0 Å². The number of carboxylic acid groups (broad SMARTS) is 1. The molecule has 1 rings (SSSR count). The van der Waals surface area contributed by atoms with Gasteiger partial charge in [-0.05, 0) is 20.8 Å². The Kier molecular flexibility index (Phi) is 3.41. The van der Waals surface area contributed by atoms with Crippen molar-refractivity contribution >= 4 is 12.2 Å². The van der Waals surface area contributed by atoms with Crippen LogP contribution in [0.4, 0.5) is 9.59 Å². The van der Waals surface area contributed by atoms with Crippen LogP contribution in [0.25, 0.3) is 0 Å². The van der Waals surface area contributed by atoms with E-state index < -0.39 is 17.8 Å². The number of carbonyl (C=O) groups is 2. The Hall–Kier alpha value is -1.72. The van der Waals surface area contributed by atoms with Crippen molar-refractivity contribution in [1.29, 1.82) is 0 Å². The first-order valence-electron chi connectivity index (χ1n) is 4.97. The molecule has 0 aliphatic carbocycles. The second-order valence-electron chi connectivity index (χ2n) is 4.40. The normalized spacial score (nSPS) is 16.2. The molecule has 90 valence electrons. The van der Waals surface area contributed by atoms with Crippen LogP contribution < -0.4 is 0 Å². The number of hydrogen-bond donors (Lipinski definition) is 1. The SMILES string of the molecule is CC(C)(C)OC(=O)N1CC=CCN1C(=O)O. The van der Waals surface area contributed by atoms with E-state index in [0.717, 1.165) is 10.0 Å². The molecule has 16 heavy (non-hydrogen) atoms. The van der Waals surface area contributed by atoms with E-state index in [9.17, 15) is 9.59 Å². The van der Waals surface area contributed by atoms with Crippen LogP contribution >= 0.6 is 0 Å². The molecule has 0 unspecified atom stereocenters. The lowest BCUT2D eigenvalue weighted by Crippen LogP contribution is -2.52. The molecule has 0 aromatic heterocycles. The molecule has 6 nitrogen and oxygen atoms in total. The zero-order valence-electron chi connectivity index (χ0n) is 9.64. The fourth-order valence-corrected chi connectivity index (χ4v) is 1.21. The summed E-state index contributed by atoms with van der Waals surface area (Å²) in [5.74, 6) is 0. The minimum atomic E-state index is -1.17. The fourth-order valence-electron chi connectivity index (χ4n) is 1.21. The summed E-state index contributed by atoms with van der Waals surface area (Å²) >= 11 is 0. The number of ether oxygens (including phenoxy) is 1. The Labute approximate surface area is 94.0 Å². The average molecular weight is 228 g/mol. The number of amides is 2. The lowest BCUT2D eigenvalue weighted by molar-refractivity contribution is -0.0343. The van der Waals surface area contributed by atoms with E-state index in [2.05, 4.69) is 0 Å². The molecule has 0 radical (unpaired) electrons. The van der Waals surface area contributed by atoms with E-state index in [1.54, 1.807) is 32.9 Å². The van der Waals surface area contributed by atoms with E-state index >= 15 is 0 Å². The average Bonchev–Trinajstić information content (AvgIpc) is 2.15.